The molecule has 0 fully saturated rings. The first-order valence-electron chi connectivity index (χ1n) is 3.63. The van der Waals surface area contributed by atoms with Crippen LogP contribution in [0.15, 0.2) is 0 Å². The summed E-state index contributed by atoms with van der Waals surface area (Å²) in [7, 11) is 0. The summed E-state index contributed by atoms with van der Waals surface area (Å²) < 4.78 is 33.7. The number of rotatable bonds is 2. The lowest BCUT2D eigenvalue weighted by Gasteiger charge is -2.02. The molecule has 10 heavy (non-hydrogen) atoms. The second kappa shape index (κ2) is 6.90. The van der Waals surface area contributed by atoms with Crippen LogP contribution in [0.25, 0.3) is 0 Å². The fraction of sp³-hybridized carbons (Fsp3) is 1.00. The summed E-state index contributed by atoms with van der Waals surface area (Å²) in [5.41, 5.74) is 0. The molecule has 0 N–H and O–H groups in total. The molecule has 0 unspecified atom stereocenters. The van der Waals surface area contributed by atoms with E-state index in [-0.39, 0.29) is 6.42 Å². The predicted molar refractivity (Wildman–Crippen MR) is 36.9 cm³/mol. The van der Waals surface area contributed by atoms with Crippen molar-refractivity contribution in [2.75, 3.05) is 0 Å². The first-order valence-corrected chi connectivity index (χ1v) is 3.63. The predicted octanol–water partition coefficient (Wildman–Crippen LogP) is 3.77. The van der Waals surface area contributed by atoms with Crippen molar-refractivity contribution in [3.05, 3.63) is 0 Å². The second-order valence-corrected chi connectivity index (χ2v) is 1.72. The van der Waals surface area contributed by atoms with E-state index in [0.717, 1.165) is 0 Å². The number of unbranched alkanes of at least 4 members (excludes halogenated alkanes) is 1. The van der Waals surface area contributed by atoms with Gasteiger partial charge in [-0.1, -0.05) is 27.2 Å². The topological polar surface area (TPSA) is 0 Å². The maximum absolute atomic E-state index is 11.2. The molecule has 0 radical (unpaired) electrons. The Morgan fingerprint density at radius 3 is 1.60 bits per heavy atom. The molecule has 64 valence electrons. The molecular weight excluding hydrogens is 141 g/mol. The van der Waals surface area contributed by atoms with Gasteiger partial charge >= 0.3 is 6.18 Å². The number of alkyl halides is 3. The molecular formula is C7H15F3. The van der Waals surface area contributed by atoms with Crippen LogP contribution in [0.3, 0.4) is 0 Å². The Morgan fingerprint density at radius 1 is 1.10 bits per heavy atom. The van der Waals surface area contributed by atoms with Gasteiger partial charge in [-0.2, -0.15) is 13.2 Å². The molecule has 0 nitrogen and oxygen atoms in total. The Hall–Kier alpha value is -0.210. The van der Waals surface area contributed by atoms with Crippen LogP contribution < -0.4 is 0 Å². The van der Waals surface area contributed by atoms with Gasteiger partial charge in [0.1, 0.15) is 0 Å². The molecule has 0 aromatic carbocycles. The van der Waals surface area contributed by atoms with Crippen LogP contribution in [0.2, 0.25) is 0 Å². The van der Waals surface area contributed by atoms with Crippen molar-refractivity contribution in [2.45, 2.75) is 46.2 Å². The van der Waals surface area contributed by atoms with Crippen LogP contribution in [-0.4, -0.2) is 6.18 Å². The summed E-state index contributed by atoms with van der Waals surface area (Å²) >= 11 is 0. The minimum Gasteiger partial charge on any atom is -0.171 e. The van der Waals surface area contributed by atoms with Gasteiger partial charge in [0.25, 0.3) is 0 Å². The minimum absolute atomic E-state index is 0.253. The highest BCUT2D eigenvalue weighted by Crippen LogP contribution is 2.21. The molecule has 0 bridgehead atoms. The van der Waals surface area contributed by atoms with Crippen LogP contribution in [0.4, 0.5) is 13.2 Å². The average Bonchev–Trinajstić information content (AvgIpc) is 1.87. The van der Waals surface area contributed by atoms with Gasteiger partial charge in [-0.3, -0.25) is 0 Å². The Labute approximate surface area is 60.4 Å². The van der Waals surface area contributed by atoms with Crippen LogP contribution in [0.5, 0.6) is 0 Å². The molecule has 0 rings (SSSR count). The van der Waals surface area contributed by atoms with E-state index in [1.807, 2.05) is 13.8 Å². The summed E-state index contributed by atoms with van der Waals surface area (Å²) in [4.78, 5) is 0. The molecule has 0 aliphatic heterocycles. The molecule has 0 aromatic rings. The van der Waals surface area contributed by atoms with Crippen molar-refractivity contribution in [3.8, 4) is 0 Å². The first-order chi connectivity index (χ1) is 4.56. The molecule has 0 saturated carbocycles. The largest absolute Gasteiger partial charge is 0.389 e. The third-order valence-electron chi connectivity index (χ3n) is 0.814. The molecule has 0 spiro atoms. The zero-order chi connectivity index (χ0) is 8.62. The normalized spacial score (nSPS) is 10.2. The summed E-state index contributed by atoms with van der Waals surface area (Å²) in [5.74, 6) is 0. The SMILES string of the molecule is CC.CCCCC(F)(F)F. The quantitative estimate of drug-likeness (QED) is 0.571. The van der Waals surface area contributed by atoms with Crippen LogP contribution in [0, 0.1) is 0 Å². The number of hydrogen-bond donors (Lipinski definition) is 0. The van der Waals surface area contributed by atoms with E-state index in [9.17, 15) is 13.2 Å². The lowest BCUT2D eigenvalue weighted by atomic mass is 10.2. The van der Waals surface area contributed by atoms with Crippen molar-refractivity contribution in [1.82, 2.24) is 0 Å². The van der Waals surface area contributed by atoms with E-state index in [2.05, 4.69) is 0 Å². The second-order valence-electron chi connectivity index (χ2n) is 1.72. The fourth-order valence-electron chi connectivity index (χ4n) is 0.377. The van der Waals surface area contributed by atoms with E-state index in [4.69, 9.17) is 0 Å². The van der Waals surface area contributed by atoms with Gasteiger partial charge < -0.3 is 0 Å². The third-order valence-corrected chi connectivity index (χ3v) is 0.814. The smallest absolute Gasteiger partial charge is 0.171 e. The highest BCUT2D eigenvalue weighted by molar-refractivity contribution is 4.47. The van der Waals surface area contributed by atoms with Gasteiger partial charge in [0.15, 0.2) is 0 Å². The Balaban J connectivity index is 0. The lowest BCUT2D eigenvalue weighted by molar-refractivity contribution is -0.135. The molecule has 0 aliphatic rings. The van der Waals surface area contributed by atoms with Gasteiger partial charge in [-0.25, -0.2) is 0 Å². The fourth-order valence-corrected chi connectivity index (χ4v) is 0.377. The highest BCUT2D eigenvalue weighted by Gasteiger charge is 2.25. The van der Waals surface area contributed by atoms with Gasteiger partial charge in [-0.05, 0) is 6.42 Å². The standard InChI is InChI=1S/C5H9F3.C2H6/c1-2-3-4-5(6,7)8;1-2/h2-4H2,1H3;1-2H3. The summed E-state index contributed by atoms with van der Waals surface area (Å²) in [6.45, 7) is 5.74. The zero-order valence-electron chi connectivity index (χ0n) is 6.76. The summed E-state index contributed by atoms with van der Waals surface area (Å²) in [6.07, 6.45) is -3.72. The molecule has 0 heterocycles. The van der Waals surface area contributed by atoms with Gasteiger partial charge in [0, 0.05) is 6.42 Å². The van der Waals surface area contributed by atoms with E-state index in [0.29, 0.717) is 6.42 Å². The molecule has 0 saturated heterocycles. The zero-order valence-corrected chi connectivity index (χ0v) is 6.76. The van der Waals surface area contributed by atoms with Crippen LogP contribution in [-0.2, 0) is 0 Å². The van der Waals surface area contributed by atoms with Gasteiger partial charge in [0.05, 0.1) is 0 Å². The minimum atomic E-state index is -3.95. The number of hydrogen-bond acceptors (Lipinski definition) is 0. The van der Waals surface area contributed by atoms with Crippen molar-refractivity contribution >= 4 is 0 Å². The maximum atomic E-state index is 11.2. The third kappa shape index (κ3) is 15.7. The molecule has 0 amide bonds. The monoisotopic (exact) mass is 156 g/mol. The van der Waals surface area contributed by atoms with Crippen molar-refractivity contribution < 1.29 is 13.2 Å². The lowest BCUT2D eigenvalue weighted by Crippen LogP contribution is -2.05. The van der Waals surface area contributed by atoms with Gasteiger partial charge in [-0.15, -0.1) is 0 Å². The highest BCUT2D eigenvalue weighted by atomic mass is 19.4. The van der Waals surface area contributed by atoms with Crippen LogP contribution in [0.1, 0.15) is 40.0 Å². The average molecular weight is 156 g/mol. The van der Waals surface area contributed by atoms with Crippen LogP contribution >= 0.6 is 0 Å². The first kappa shape index (κ1) is 12.5. The Kier molecular flexibility index (Phi) is 8.61. The summed E-state index contributed by atoms with van der Waals surface area (Å²) in [6, 6.07) is 0. The van der Waals surface area contributed by atoms with Crippen molar-refractivity contribution in [2.24, 2.45) is 0 Å². The molecule has 0 atom stereocenters. The van der Waals surface area contributed by atoms with E-state index >= 15 is 0 Å². The van der Waals surface area contributed by atoms with E-state index in [1.165, 1.54) is 0 Å². The molecule has 0 aromatic heterocycles. The van der Waals surface area contributed by atoms with Gasteiger partial charge in [0.2, 0.25) is 0 Å². The maximum Gasteiger partial charge on any atom is 0.389 e. The van der Waals surface area contributed by atoms with Crippen molar-refractivity contribution in [3.63, 3.8) is 0 Å². The van der Waals surface area contributed by atoms with Crippen molar-refractivity contribution in [1.29, 1.82) is 0 Å². The van der Waals surface area contributed by atoms with E-state index < -0.39 is 12.6 Å². The number of halogens is 3. The Morgan fingerprint density at radius 2 is 1.50 bits per heavy atom. The summed E-state index contributed by atoms with van der Waals surface area (Å²) in [5, 5.41) is 0. The molecule has 3 heteroatoms. The molecule has 0 aliphatic carbocycles. The Bertz CT molecular complexity index is 56.4. The van der Waals surface area contributed by atoms with E-state index in [1.54, 1.807) is 6.92 Å².